The summed E-state index contributed by atoms with van der Waals surface area (Å²) >= 11 is 0. The fraction of sp³-hybridized carbons (Fsp3) is 0.357. The van der Waals surface area contributed by atoms with E-state index in [-0.39, 0.29) is 11.9 Å². The van der Waals surface area contributed by atoms with Crippen molar-refractivity contribution in [2.45, 2.75) is 19.4 Å². The van der Waals surface area contributed by atoms with Gasteiger partial charge in [-0.15, -0.1) is 0 Å². The van der Waals surface area contributed by atoms with Crippen LogP contribution >= 0.6 is 0 Å². The van der Waals surface area contributed by atoms with Gasteiger partial charge in [-0.2, -0.15) is 0 Å². The molecule has 0 bridgehead atoms. The number of nitrogens with one attached hydrogen (secondary N) is 1. The van der Waals surface area contributed by atoms with Crippen LogP contribution in [0.5, 0.6) is 0 Å². The molecule has 0 aliphatic rings. The van der Waals surface area contributed by atoms with Crippen molar-refractivity contribution in [1.29, 1.82) is 0 Å². The van der Waals surface area contributed by atoms with E-state index in [0.717, 1.165) is 23.4 Å². The molecule has 3 nitrogen and oxygen atoms in total. The summed E-state index contributed by atoms with van der Waals surface area (Å²) in [6.45, 7) is 1.93. The largest absolute Gasteiger partial charge is 0.337 e. The summed E-state index contributed by atoms with van der Waals surface area (Å²) in [4.78, 5) is 4.36. The van der Waals surface area contributed by atoms with Gasteiger partial charge in [0.15, 0.2) is 0 Å². The molecule has 0 saturated heterocycles. The van der Waals surface area contributed by atoms with Crippen molar-refractivity contribution in [2.24, 2.45) is 7.05 Å². The lowest BCUT2D eigenvalue weighted by Gasteiger charge is -2.17. The average Bonchev–Trinajstić information content (AvgIpc) is 2.75. The zero-order chi connectivity index (χ0) is 13.1. The molecule has 0 fully saturated rings. The predicted octanol–water partition coefficient (Wildman–Crippen LogP) is 2.37. The molecule has 2 rings (SSSR count). The molecule has 0 amide bonds. The molecule has 0 aliphatic carbocycles. The van der Waals surface area contributed by atoms with E-state index >= 15 is 0 Å². The Morgan fingerprint density at radius 3 is 2.78 bits per heavy atom. The summed E-state index contributed by atoms with van der Waals surface area (Å²) in [6.07, 6.45) is 4.52. The first-order chi connectivity index (χ1) is 8.61. The van der Waals surface area contributed by atoms with Crippen molar-refractivity contribution in [3.8, 4) is 0 Å². The molecular formula is C14H18FN3. The Kier molecular flexibility index (Phi) is 3.77. The van der Waals surface area contributed by atoms with Gasteiger partial charge in [-0.1, -0.05) is 6.07 Å². The standard InChI is InChI=1S/C14H18FN3/c1-10-8-12(15)5-4-11(10)9-13(16-2)14-17-6-7-18(14)3/h4-8,13,16H,9H2,1-3H3. The van der Waals surface area contributed by atoms with Crippen LogP contribution < -0.4 is 5.32 Å². The lowest BCUT2D eigenvalue weighted by Crippen LogP contribution is -2.22. The maximum absolute atomic E-state index is 13.1. The summed E-state index contributed by atoms with van der Waals surface area (Å²) in [7, 11) is 3.89. The number of imidazole rings is 1. The van der Waals surface area contributed by atoms with Gasteiger partial charge >= 0.3 is 0 Å². The Morgan fingerprint density at radius 1 is 1.44 bits per heavy atom. The summed E-state index contributed by atoms with van der Waals surface area (Å²) in [6, 6.07) is 5.06. The molecule has 1 aromatic heterocycles. The number of hydrogen-bond donors (Lipinski definition) is 1. The third-order valence-corrected chi connectivity index (χ3v) is 3.25. The van der Waals surface area contributed by atoms with E-state index in [9.17, 15) is 4.39 Å². The Bertz CT molecular complexity index is 534. The molecule has 1 heterocycles. The van der Waals surface area contributed by atoms with Crippen LogP contribution in [0, 0.1) is 12.7 Å². The molecular weight excluding hydrogens is 229 g/mol. The van der Waals surface area contributed by atoms with E-state index in [1.54, 1.807) is 12.3 Å². The Morgan fingerprint density at radius 2 is 2.22 bits per heavy atom. The minimum Gasteiger partial charge on any atom is -0.337 e. The SMILES string of the molecule is CNC(Cc1ccc(F)cc1C)c1nccn1C. The third kappa shape index (κ3) is 2.59. The zero-order valence-electron chi connectivity index (χ0n) is 10.9. The van der Waals surface area contributed by atoms with Gasteiger partial charge in [-0.25, -0.2) is 9.37 Å². The number of nitrogens with zero attached hydrogens (tertiary/aromatic N) is 2. The van der Waals surface area contributed by atoms with Crippen molar-refractivity contribution >= 4 is 0 Å². The van der Waals surface area contributed by atoms with E-state index < -0.39 is 0 Å². The van der Waals surface area contributed by atoms with Crippen molar-refractivity contribution < 1.29 is 4.39 Å². The molecule has 1 N–H and O–H groups in total. The van der Waals surface area contributed by atoms with Crippen molar-refractivity contribution in [1.82, 2.24) is 14.9 Å². The van der Waals surface area contributed by atoms with Crippen LogP contribution in [0.1, 0.15) is 23.0 Å². The highest BCUT2D eigenvalue weighted by atomic mass is 19.1. The van der Waals surface area contributed by atoms with Crippen LogP contribution in [0.15, 0.2) is 30.6 Å². The van der Waals surface area contributed by atoms with Gasteiger partial charge < -0.3 is 9.88 Å². The Hall–Kier alpha value is -1.68. The van der Waals surface area contributed by atoms with Gasteiger partial charge in [0.2, 0.25) is 0 Å². The first-order valence-electron chi connectivity index (χ1n) is 6.01. The van der Waals surface area contributed by atoms with Gasteiger partial charge in [0.1, 0.15) is 11.6 Å². The number of rotatable bonds is 4. The van der Waals surface area contributed by atoms with Crippen LogP contribution in [0.25, 0.3) is 0 Å². The molecule has 1 aromatic carbocycles. The number of aromatic nitrogens is 2. The van der Waals surface area contributed by atoms with E-state index in [0.29, 0.717) is 0 Å². The smallest absolute Gasteiger partial charge is 0.125 e. The number of benzene rings is 1. The van der Waals surface area contributed by atoms with Crippen LogP contribution in [-0.2, 0) is 13.5 Å². The van der Waals surface area contributed by atoms with Crippen LogP contribution in [0.2, 0.25) is 0 Å². The number of aryl methyl sites for hydroxylation is 2. The van der Waals surface area contributed by atoms with Gasteiger partial charge in [0.25, 0.3) is 0 Å². The number of hydrogen-bond acceptors (Lipinski definition) is 2. The summed E-state index contributed by atoms with van der Waals surface area (Å²) < 4.78 is 15.1. The lowest BCUT2D eigenvalue weighted by molar-refractivity contribution is 0.536. The first-order valence-corrected chi connectivity index (χ1v) is 6.01. The third-order valence-electron chi connectivity index (χ3n) is 3.25. The quantitative estimate of drug-likeness (QED) is 0.899. The minimum absolute atomic E-state index is 0.133. The van der Waals surface area contributed by atoms with Gasteiger partial charge in [-0.3, -0.25) is 0 Å². The molecule has 0 radical (unpaired) electrons. The second kappa shape index (κ2) is 5.31. The van der Waals surface area contributed by atoms with E-state index in [2.05, 4.69) is 10.3 Å². The molecule has 2 aromatic rings. The Balaban J connectivity index is 2.23. The fourth-order valence-electron chi connectivity index (χ4n) is 2.14. The van der Waals surface area contributed by atoms with Gasteiger partial charge in [0, 0.05) is 19.4 Å². The molecule has 4 heteroatoms. The van der Waals surface area contributed by atoms with E-state index in [1.165, 1.54) is 6.07 Å². The predicted molar refractivity (Wildman–Crippen MR) is 69.8 cm³/mol. The molecule has 1 atom stereocenters. The fourth-order valence-corrected chi connectivity index (χ4v) is 2.14. The second-order valence-corrected chi connectivity index (χ2v) is 4.51. The van der Waals surface area contributed by atoms with Gasteiger partial charge in [-0.05, 0) is 43.7 Å². The molecule has 0 spiro atoms. The average molecular weight is 247 g/mol. The maximum Gasteiger partial charge on any atom is 0.125 e. The highest BCUT2D eigenvalue weighted by Gasteiger charge is 2.15. The second-order valence-electron chi connectivity index (χ2n) is 4.51. The first kappa shape index (κ1) is 12.8. The molecule has 18 heavy (non-hydrogen) atoms. The van der Waals surface area contributed by atoms with Crippen molar-refractivity contribution in [2.75, 3.05) is 7.05 Å². The zero-order valence-corrected chi connectivity index (χ0v) is 10.9. The maximum atomic E-state index is 13.1. The molecule has 96 valence electrons. The minimum atomic E-state index is -0.186. The number of halogens is 1. The monoisotopic (exact) mass is 247 g/mol. The lowest BCUT2D eigenvalue weighted by atomic mass is 10.0. The van der Waals surface area contributed by atoms with Crippen LogP contribution in [0.4, 0.5) is 4.39 Å². The van der Waals surface area contributed by atoms with Crippen LogP contribution in [0.3, 0.4) is 0 Å². The summed E-state index contributed by atoms with van der Waals surface area (Å²) in [5.74, 6) is 0.801. The van der Waals surface area contributed by atoms with E-state index in [4.69, 9.17) is 0 Å². The highest BCUT2D eigenvalue weighted by Crippen LogP contribution is 2.19. The van der Waals surface area contributed by atoms with Crippen molar-refractivity contribution in [3.63, 3.8) is 0 Å². The molecule has 0 saturated carbocycles. The topological polar surface area (TPSA) is 29.9 Å². The van der Waals surface area contributed by atoms with Gasteiger partial charge in [0.05, 0.1) is 6.04 Å². The van der Waals surface area contributed by atoms with E-state index in [1.807, 2.05) is 37.8 Å². The summed E-state index contributed by atoms with van der Waals surface area (Å²) in [5.41, 5.74) is 2.11. The van der Waals surface area contributed by atoms with Crippen molar-refractivity contribution in [3.05, 3.63) is 53.4 Å². The Labute approximate surface area is 107 Å². The molecule has 0 aliphatic heterocycles. The normalized spacial score (nSPS) is 12.7. The number of likely N-dealkylation sites (N-methyl/N-ethyl adjacent to an activating group) is 1. The summed E-state index contributed by atoms with van der Waals surface area (Å²) in [5, 5.41) is 3.26. The highest BCUT2D eigenvalue weighted by molar-refractivity contribution is 5.28. The van der Waals surface area contributed by atoms with Crippen LogP contribution in [-0.4, -0.2) is 16.6 Å². The molecule has 1 unspecified atom stereocenters.